The van der Waals surface area contributed by atoms with Crippen molar-refractivity contribution in [1.82, 2.24) is 9.97 Å². The number of nitrogens with one attached hydrogen (secondary N) is 2. The predicted octanol–water partition coefficient (Wildman–Crippen LogP) is 2.44. The number of nitrogens with two attached hydrogens (primary N) is 1. The van der Waals surface area contributed by atoms with Crippen LogP contribution >= 0.6 is 0 Å². The Morgan fingerprint density at radius 1 is 1.33 bits per heavy atom. The summed E-state index contributed by atoms with van der Waals surface area (Å²) in [7, 11) is 0. The van der Waals surface area contributed by atoms with Gasteiger partial charge in [0, 0.05) is 6.04 Å². The third-order valence-corrected chi connectivity index (χ3v) is 4.03. The number of hydrogen-bond acceptors (Lipinski definition) is 7. The molecule has 8 nitrogen and oxygen atoms in total. The number of anilines is 2. The maximum atomic E-state index is 11.2. The minimum atomic E-state index is -0.514. The molecule has 0 atom stereocenters. The van der Waals surface area contributed by atoms with Gasteiger partial charge in [0.15, 0.2) is 0 Å². The summed E-state index contributed by atoms with van der Waals surface area (Å²) in [6.07, 6.45) is 8.09. The summed E-state index contributed by atoms with van der Waals surface area (Å²) >= 11 is 0. The molecule has 0 aromatic carbocycles. The Morgan fingerprint density at radius 3 is 2.57 bits per heavy atom. The van der Waals surface area contributed by atoms with Crippen LogP contribution in [0.5, 0.6) is 0 Å². The van der Waals surface area contributed by atoms with Gasteiger partial charge in [0.2, 0.25) is 11.6 Å². The quantitative estimate of drug-likeness (QED) is 0.418. The minimum absolute atomic E-state index is 0.0252. The van der Waals surface area contributed by atoms with E-state index >= 15 is 0 Å². The molecule has 0 bridgehead atoms. The predicted molar refractivity (Wildman–Crippen MR) is 80.8 cm³/mol. The average Bonchev–Trinajstić information content (AvgIpc) is 2.49. The lowest BCUT2D eigenvalue weighted by molar-refractivity contribution is -0.383. The molecule has 1 fully saturated rings. The van der Waals surface area contributed by atoms with E-state index in [9.17, 15) is 10.1 Å². The summed E-state index contributed by atoms with van der Waals surface area (Å²) < 4.78 is 0. The Morgan fingerprint density at radius 2 is 2.00 bits per heavy atom. The van der Waals surface area contributed by atoms with Crippen molar-refractivity contribution in [2.45, 2.75) is 51.5 Å². The molecule has 0 spiro atoms. The van der Waals surface area contributed by atoms with Gasteiger partial charge >= 0.3 is 5.69 Å². The van der Waals surface area contributed by atoms with Crippen molar-refractivity contribution in [2.24, 2.45) is 11.8 Å². The van der Waals surface area contributed by atoms with Crippen molar-refractivity contribution < 1.29 is 4.92 Å². The fourth-order valence-electron chi connectivity index (χ4n) is 2.96. The van der Waals surface area contributed by atoms with Crippen LogP contribution in [-0.2, 0) is 0 Å². The molecule has 8 heteroatoms. The molecule has 116 valence electrons. The van der Waals surface area contributed by atoms with Crippen LogP contribution in [0.2, 0.25) is 0 Å². The molecule has 1 aromatic rings. The Kier molecular flexibility index (Phi) is 5.26. The lowest BCUT2D eigenvalue weighted by atomic mass is 9.83. The largest absolute Gasteiger partial charge is 0.361 e. The molecule has 21 heavy (non-hydrogen) atoms. The zero-order valence-corrected chi connectivity index (χ0v) is 12.2. The highest BCUT2D eigenvalue weighted by Crippen LogP contribution is 2.33. The van der Waals surface area contributed by atoms with Crippen LogP contribution in [0.1, 0.15) is 45.4 Å². The van der Waals surface area contributed by atoms with Crippen molar-refractivity contribution in [3.63, 3.8) is 0 Å². The molecule has 0 aliphatic heterocycles. The minimum Gasteiger partial charge on any atom is -0.361 e. The molecular weight excluding hydrogens is 272 g/mol. The Balaban J connectivity index is 2.05. The van der Waals surface area contributed by atoms with Gasteiger partial charge in [0.25, 0.3) is 0 Å². The van der Waals surface area contributed by atoms with E-state index in [4.69, 9.17) is 5.84 Å². The van der Waals surface area contributed by atoms with Gasteiger partial charge in [-0.25, -0.2) is 15.8 Å². The number of rotatable bonds is 6. The van der Waals surface area contributed by atoms with E-state index in [2.05, 4.69) is 27.6 Å². The zero-order chi connectivity index (χ0) is 15.2. The van der Waals surface area contributed by atoms with Crippen molar-refractivity contribution >= 4 is 17.3 Å². The molecule has 4 N–H and O–H groups in total. The molecular formula is C13H22N6O2. The van der Waals surface area contributed by atoms with Gasteiger partial charge in [0.1, 0.15) is 6.33 Å². The number of nitro groups is 1. The van der Waals surface area contributed by atoms with Crippen LogP contribution < -0.4 is 16.6 Å². The number of hydrogen-bond donors (Lipinski definition) is 3. The lowest BCUT2D eigenvalue weighted by Gasteiger charge is -2.29. The SMILES string of the molecule is CCCC1CCC(Nc2ncnc(NN)c2[N+](=O)[O-])CC1. The molecule has 0 amide bonds. The number of aromatic nitrogens is 2. The maximum absolute atomic E-state index is 11.2. The number of hydrazine groups is 1. The van der Waals surface area contributed by atoms with Gasteiger partial charge in [-0.2, -0.15) is 0 Å². The second kappa shape index (κ2) is 7.16. The van der Waals surface area contributed by atoms with E-state index in [1.165, 1.54) is 19.2 Å². The Hall–Kier alpha value is -1.96. The van der Waals surface area contributed by atoms with E-state index in [-0.39, 0.29) is 23.4 Å². The molecule has 0 unspecified atom stereocenters. The highest BCUT2D eigenvalue weighted by atomic mass is 16.6. The van der Waals surface area contributed by atoms with Crippen molar-refractivity contribution in [1.29, 1.82) is 0 Å². The molecule has 0 saturated heterocycles. The first-order chi connectivity index (χ1) is 10.2. The summed E-state index contributed by atoms with van der Waals surface area (Å²) in [6, 6.07) is 0.220. The molecule has 0 radical (unpaired) electrons. The van der Waals surface area contributed by atoms with Crippen molar-refractivity contribution in [3.05, 3.63) is 16.4 Å². The summed E-state index contributed by atoms with van der Waals surface area (Å²) in [5.41, 5.74) is 2.05. The van der Waals surface area contributed by atoms with E-state index in [1.54, 1.807) is 0 Å². The van der Waals surface area contributed by atoms with Gasteiger partial charge in [-0.15, -0.1) is 0 Å². The summed E-state index contributed by atoms with van der Waals surface area (Å²) in [5.74, 6) is 6.32. The van der Waals surface area contributed by atoms with E-state index < -0.39 is 4.92 Å². The standard InChI is InChI=1S/C13H22N6O2/c1-2-3-9-4-6-10(7-5-9)17-12-11(19(20)21)13(18-14)16-8-15-12/h8-10H,2-7,14H2,1H3,(H2,15,16,17,18). The number of nitrogen functional groups attached to an aromatic ring is 1. The van der Waals surface area contributed by atoms with Crippen LogP contribution in [0.4, 0.5) is 17.3 Å². The van der Waals surface area contributed by atoms with Gasteiger partial charge < -0.3 is 10.7 Å². The Labute approximate surface area is 123 Å². The third kappa shape index (κ3) is 3.78. The van der Waals surface area contributed by atoms with E-state index in [1.807, 2.05) is 0 Å². The first-order valence-corrected chi connectivity index (χ1v) is 7.38. The van der Waals surface area contributed by atoms with Crippen molar-refractivity contribution in [3.8, 4) is 0 Å². The van der Waals surface area contributed by atoms with Crippen LogP contribution in [-0.4, -0.2) is 20.9 Å². The highest BCUT2D eigenvalue weighted by Gasteiger charge is 2.26. The molecule has 1 aromatic heterocycles. The molecule has 1 heterocycles. The molecule has 1 aliphatic carbocycles. The van der Waals surface area contributed by atoms with Crippen LogP contribution in [0.3, 0.4) is 0 Å². The maximum Gasteiger partial charge on any atom is 0.354 e. The summed E-state index contributed by atoms with van der Waals surface area (Å²) in [5, 5.41) is 14.4. The van der Waals surface area contributed by atoms with Gasteiger partial charge in [0.05, 0.1) is 4.92 Å². The monoisotopic (exact) mass is 294 g/mol. The van der Waals surface area contributed by atoms with Crippen LogP contribution in [0, 0.1) is 16.0 Å². The first-order valence-electron chi connectivity index (χ1n) is 7.38. The normalized spacial score (nSPS) is 21.8. The Bertz CT molecular complexity index is 488. The molecule has 1 saturated carbocycles. The van der Waals surface area contributed by atoms with Crippen LogP contribution in [0.25, 0.3) is 0 Å². The topological polar surface area (TPSA) is 119 Å². The van der Waals surface area contributed by atoms with E-state index in [0.717, 1.165) is 31.6 Å². The zero-order valence-electron chi connectivity index (χ0n) is 12.2. The molecule has 2 rings (SSSR count). The lowest BCUT2D eigenvalue weighted by Crippen LogP contribution is -2.27. The van der Waals surface area contributed by atoms with Gasteiger partial charge in [-0.1, -0.05) is 19.8 Å². The van der Waals surface area contributed by atoms with Crippen LogP contribution in [0.15, 0.2) is 6.33 Å². The first kappa shape index (κ1) is 15.4. The fourth-order valence-corrected chi connectivity index (χ4v) is 2.96. The van der Waals surface area contributed by atoms with Crippen molar-refractivity contribution in [2.75, 3.05) is 10.7 Å². The van der Waals surface area contributed by atoms with E-state index in [0.29, 0.717) is 0 Å². The fraction of sp³-hybridized carbons (Fsp3) is 0.692. The van der Waals surface area contributed by atoms with Gasteiger partial charge in [-0.05, 0) is 31.6 Å². The third-order valence-electron chi connectivity index (χ3n) is 4.03. The average molecular weight is 294 g/mol. The second-order valence-electron chi connectivity index (χ2n) is 5.47. The smallest absolute Gasteiger partial charge is 0.354 e. The summed E-state index contributed by atoms with van der Waals surface area (Å²) in [4.78, 5) is 18.4. The highest BCUT2D eigenvalue weighted by molar-refractivity contribution is 5.69. The summed E-state index contributed by atoms with van der Waals surface area (Å²) in [6.45, 7) is 2.20. The number of nitrogens with zero attached hydrogens (tertiary/aromatic N) is 3. The second-order valence-corrected chi connectivity index (χ2v) is 5.47. The van der Waals surface area contributed by atoms with Gasteiger partial charge in [-0.3, -0.25) is 10.1 Å². The molecule has 1 aliphatic rings.